The molecular weight excluding hydrogens is 417 g/mol. The van der Waals surface area contributed by atoms with Crippen molar-refractivity contribution in [2.75, 3.05) is 12.9 Å². The summed E-state index contributed by atoms with van der Waals surface area (Å²) in [5.41, 5.74) is 2.07. The lowest BCUT2D eigenvalue weighted by molar-refractivity contribution is 0.0512. The predicted molar refractivity (Wildman–Crippen MR) is 115 cm³/mol. The third kappa shape index (κ3) is 4.28. The van der Waals surface area contributed by atoms with E-state index in [-0.39, 0.29) is 35.4 Å². The number of ketones is 1. The molecule has 7 heteroatoms. The number of esters is 1. The third-order valence-electron chi connectivity index (χ3n) is 5.26. The van der Waals surface area contributed by atoms with Crippen LogP contribution in [0.4, 0.5) is 4.39 Å². The zero-order valence-corrected chi connectivity index (χ0v) is 18.1. The fourth-order valence-electron chi connectivity index (χ4n) is 3.64. The van der Waals surface area contributed by atoms with Gasteiger partial charge in [0.15, 0.2) is 11.5 Å². The van der Waals surface area contributed by atoms with Crippen LogP contribution in [0.2, 0.25) is 0 Å². The van der Waals surface area contributed by atoms with Crippen molar-refractivity contribution in [2.45, 2.75) is 37.0 Å². The lowest BCUT2D eigenvalue weighted by atomic mass is 9.92. The predicted octanol–water partition coefficient (Wildman–Crippen LogP) is 5.41. The second-order valence-corrected chi connectivity index (χ2v) is 8.18. The van der Waals surface area contributed by atoms with Crippen LogP contribution in [0.5, 0.6) is 0 Å². The molecule has 0 unspecified atom stereocenters. The number of hydrogen-bond donors (Lipinski definition) is 0. The third-order valence-corrected chi connectivity index (χ3v) is 6.12. The van der Waals surface area contributed by atoms with Gasteiger partial charge in [0, 0.05) is 16.4 Å². The van der Waals surface area contributed by atoms with E-state index in [0.717, 1.165) is 24.0 Å². The molecule has 0 aliphatic heterocycles. The Labute approximate surface area is 184 Å². The fraction of sp³-hybridized carbons (Fsp3) is 0.292. The Morgan fingerprint density at radius 3 is 2.61 bits per heavy atom. The van der Waals surface area contributed by atoms with Crippen LogP contribution in [0.3, 0.4) is 0 Å². The molecule has 0 bridgehead atoms. The summed E-state index contributed by atoms with van der Waals surface area (Å²) in [4.78, 5) is 26.6. The van der Waals surface area contributed by atoms with E-state index >= 15 is 0 Å². The summed E-state index contributed by atoms with van der Waals surface area (Å²) in [7, 11) is 0. The monoisotopic (exact) mass is 439 g/mol. The van der Waals surface area contributed by atoms with Crippen molar-refractivity contribution < 1.29 is 23.2 Å². The molecule has 3 aromatic rings. The van der Waals surface area contributed by atoms with Crippen molar-refractivity contribution in [2.24, 2.45) is 0 Å². The fourth-order valence-corrected chi connectivity index (χ4v) is 4.31. The van der Waals surface area contributed by atoms with Gasteiger partial charge in [0.1, 0.15) is 11.4 Å². The molecule has 160 valence electrons. The maximum absolute atomic E-state index is 14.2. The molecule has 2 aromatic carbocycles. The summed E-state index contributed by atoms with van der Waals surface area (Å²) in [6.45, 7) is 1.87. The first-order valence-electron chi connectivity index (χ1n) is 10.2. The average molecular weight is 440 g/mol. The first kappa shape index (κ1) is 21.3. The van der Waals surface area contributed by atoms with Crippen molar-refractivity contribution in [3.05, 3.63) is 82.0 Å². The van der Waals surface area contributed by atoms with Crippen LogP contribution >= 0.6 is 11.8 Å². The van der Waals surface area contributed by atoms with E-state index in [4.69, 9.17) is 9.26 Å². The average Bonchev–Trinajstić information content (AvgIpc) is 3.52. The molecule has 0 N–H and O–H groups in total. The van der Waals surface area contributed by atoms with Gasteiger partial charge in [0.05, 0.1) is 6.61 Å². The molecule has 0 saturated heterocycles. The first-order valence-corrected chi connectivity index (χ1v) is 11.4. The number of thioether (sulfide) groups is 1. The Balaban J connectivity index is 1.76. The van der Waals surface area contributed by atoms with Crippen LogP contribution < -0.4 is 0 Å². The minimum atomic E-state index is -0.672. The number of carbonyl (C=O) groups excluding carboxylic acids is 2. The highest BCUT2D eigenvalue weighted by Crippen LogP contribution is 2.43. The molecule has 31 heavy (non-hydrogen) atoms. The number of hydrogen-bond acceptors (Lipinski definition) is 6. The van der Waals surface area contributed by atoms with E-state index in [0.29, 0.717) is 22.6 Å². The Kier molecular flexibility index (Phi) is 6.23. The van der Waals surface area contributed by atoms with E-state index < -0.39 is 5.97 Å². The summed E-state index contributed by atoms with van der Waals surface area (Å²) in [5, 5.41) is 3.87. The number of halogens is 1. The smallest absolute Gasteiger partial charge is 0.361 e. The number of carbonyl (C=O) groups is 2. The minimum Gasteiger partial charge on any atom is -0.461 e. The van der Waals surface area contributed by atoms with E-state index in [1.165, 1.54) is 17.8 Å². The summed E-state index contributed by atoms with van der Waals surface area (Å²) in [6, 6.07) is 12.1. The van der Waals surface area contributed by atoms with Gasteiger partial charge in [-0.1, -0.05) is 41.6 Å². The highest BCUT2D eigenvalue weighted by atomic mass is 32.2. The van der Waals surface area contributed by atoms with E-state index in [9.17, 15) is 14.0 Å². The molecule has 1 aromatic heterocycles. The maximum atomic E-state index is 14.2. The molecule has 1 aliphatic rings. The Morgan fingerprint density at radius 2 is 1.90 bits per heavy atom. The van der Waals surface area contributed by atoms with Crippen LogP contribution in [0.1, 0.15) is 69.0 Å². The first-order chi connectivity index (χ1) is 15.0. The van der Waals surface area contributed by atoms with E-state index in [1.54, 1.807) is 25.1 Å². The molecule has 0 spiro atoms. The van der Waals surface area contributed by atoms with Gasteiger partial charge in [0.2, 0.25) is 5.69 Å². The Hall–Kier alpha value is -2.93. The van der Waals surface area contributed by atoms with E-state index in [2.05, 4.69) is 5.16 Å². The van der Waals surface area contributed by atoms with Gasteiger partial charge in [-0.2, -0.15) is 0 Å². The molecule has 5 nitrogen and oxygen atoms in total. The molecule has 0 amide bonds. The lowest BCUT2D eigenvalue weighted by Crippen LogP contribution is -2.14. The van der Waals surface area contributed by atoms with Gasteiger partial charge >= 0.3 is 5.97 Å². The van der Waals surface area contributed by atoms with Crippen LogP contribution in [0, 0.1) is 5.82 Å². The zero-order valence-electron chi connectivity index (χ0n) is 17.3. The number of benzene rings is 2. The van der Waals surface area contributed by atoms with Crippen molar-refractivity contribution >= 4 is 23.5 Å². The van der Waals surface area contributed by atoms with Gasteiger partial charge in [-0.25, -0.2) is 9.18 Å². The highest BCUT2D eigenvalue weighted by molar-refractivity contribution is 7.98. The normalized spacial score (nSPS) is 13.3. The van der Waals surface area contributed by atoms with Gasteiger partial charge in [0.25, 0.3) is 0 Å². The molecule has 1 aliphatic carbocycles. The van der Waals surface area contributed by atoms with Crippen LogP contribution in [-0.4, -0.2) is 29.8 Å². The van der Waals surface area contributed by atoms with Gasteiger partial charge < -0.3 is 9.26 Å². The Bertz CT molecular complexity index is 1140. The second kappa shape index (κ2) is 9.06. The zero-order chi connectivity index (χ0) is 22.0. The molecule has 0 atom stereocenters. The van der Waals surface area contributed by atoms with Crippen LogP contribution in [-0.2, 0) is 11.2 Å². The SMILES string of the molecule is CCOC(=O)c1noc(C2CC2)c1C(=O)c1ccccc1Cc1cccc(F)c1SC. The molecule has 1 saturated carbocycles. The van der Waals surface area contributed by atoms with Gasteiger partial charge in [-0.3, -0.25) is 4.79 Å². The van der Waals surface area contributed by atoms with Crippen molar-refractivity contribution in [1.29, 1.82) is 0 Å². The summed E-state index contributed by atoms with van der Waals surface area (Å²) >= 11 is 1.33. The second-order valence-electron chi connectivity index (χ2n) is 7.36. The number of rotatable bonds is 8. The minimum absolute atomic E-state index is 0.0842. The maximum Gasteiger partial charge on any atom is 0.361 e. The Morgan fingerprint density at radius 1 is 1.16 bits per heavy atom. The molecule has 0 radical (unpaired) electrons. The van der Waals surface area contributed by atoms with Crippen molar-refractivity contribution in [1.82, 2.24) is 5.16 Å². The van der Waals surface area contributed by atoms with Crippen LogP contribution in [0.15, 0.2) is 51.9 Å². The van der Waals surface area contributed by atoms with Crippen molar-refractivity contribution in [3.63, 3.8) is 0 Å². The standard InChI is InChI=1S/C24H22FNO4S/c1-3-29-24(28)20-19(22(30-26-20)14-11-12-14)21(27)17-9-5-4-7-15(17)13-16-8-6-10-18(25)23(16)31-2/h4-10,14H,3,11-13H2,1-2H3. The molecule has 4 rings (SSSR count). The summed E-state index contributed by atoms with van der Waals surface area (Å²) in [5.74, 6) is -0.752. The quantitative estimate of drug-likeness (QED) is 0.265. The van der Waals surface area contributed by atoms with Crippen LogP contribution in [0.25, 0.3) is 0 Å². The molecular formula is C24H22FNO4S. The topological polar surface area (TPSA) is 69.4 Å². The number of aromatic nitrogens is 1. The van der Waals surface area contributed by atoms with Crippen molar-refractivity contribution in [3.8, 4) is 0 Å². The number of nitrogens with zero attached hydrogens (tertiary/aromatic N) is 1. The van der Waals surface area contributed by atoms with Gasteiger partial charge in [-0.05, 0) is 49.6 Å². The summed E-state index contributed by atoms with van der Waals surface area (Å²) in [6.07, 6.45) is 3.98. The van der Waals surface area contributed by atoms with E-state index in [1.807, 2.05) is 24.5 Å². The highest BCUT2D eigenvalue weighted by Gasteiger charge is 2.38. The number of ether oxygens (including phenoxy) is 1. The molecule has 1 fully saturated rings. The molecule has 1 heterocycles. The summed E-state index contributed by atoms with van der Waals surface area (Å²) < 4.78 is 24.7. The van der Waals surface area contributed by atoms with Gasteiger partial charge in [-0.15, -0.1) is 11.8 Å². The largest absolute Gasteiger partial charge is 0.461 e. The lowest BCUT2D eigenvalue weighted by Gasteiger charge is -2.12.